The quantitative estimate of drug-likeness (QED) is 0.353. The van der Waals surface area contributed by atoms with Crippen LogP contribution in [0, 0.1) is 10.1 Å². The van der Waals surface area contributed by atoms with Crippen LogP contribution in [0.15, 0.2) is 24.3 Å². The van der Waals surface area contributed by atoms with Crippen LogP contribution in [0.4, 0.5) is 11.4 Å². The lowest BCUT2D eigenvalue weighted by Gasteiger charge is -2.19. The first kappa shape index (κ1) is 12.5. The molecule has 88 valence electrons. The van der Waals surface area contributed by atoms with E-state index >= 15 is 0 Å². The number of hydrogen-bond acceptors (Lipinski definition) is 5. The Morgan fingerprint density at radius 2 is 1.75 bits per heavy atom. The van der Waals surface area contributed by atoms with Crippen LogP contribution in [0.25, 0.3) is 0 Å². The predicted octanol–water partition coefficient (Wildman–Crippen LogP) is 0.724. The fourth-order valence-corrected chi connectivity index (χ4v) is 1.37. The topological polar surface area (TPSA) is 118 Å². The van der Waals surface area contributed by atoms with Gasteiger partial charge in [0, 0.05) is 24.3 Å². The number of rotatable bonds is 3. The third-order valence-electron chi connectivity index (χ3n) is 1.99. The first-order valence-electron chi connectivity index (χ1n) is 3.98. The van der Waals surface area contributed by atoms with Gasteiger partial charge in [0.15, 0.2) is 5.69 Å². The van der Waals surface area contributed by atoms with Crippen LogP contribution in [-0.4, -0.2) is 30.1 Å². The van der Waals surface area contributed by atoms with Gasteiger partial charge < -0.3 is 0 Å². The van der Waals surface area contributed by atoms with E-state index in [0.717, 1.165) is 31.3 Å². The van der Waals surface area contributed by atoms with E-state index in [1.807, 2.05) is 0 Å². The molecule has 1 atom stereocenters. The SMILES string of the molecule is C[N+](O)(c1ccc([N+](=O)[O-])cc1)S(=O)(=O)O. The summed E-state index contributed by atoms with van der Waals surface area (Å²) in [5.41, 5.74) is -0.466. The molecule has 1 rings (SSSR count). The van der Waals surface area contributed by atoms with E-state index in [1.165, 1.54) is 0 Å². The molecular formula is C7H9N2O6S+. The largest absolute Gasteiger partial charge is 0.469 e. The van der Waals surface area contributed by atoms with Gasteiger partial charge in [0.2, 0.25) is 0 Å². The van der Waals surface area contributed by atoms with Crippen molar-refractivity contribution in [2.45, 2.75) is 0 Å². The van der Waals surface area contributed by atoms with Gasteiger partial charge in [-0.1, -0.05) is 0 Å². The average molecular weight is 249 g/mol. The number of hydroxylamine groups is 1. The van der Waals surface area contributed by atoms with E-state index in [1.54, 1.807) is 0 Å². The maximum atomic E-state index is 10.8. The van der Waals surface area contributed by atoms with Crippen LogP contribution >= 0.6 is 0 Å². The van der Waals surface area contributed by atoms with Gasteiger partial charge in [0.05, 0.1) is 4.92 Å². The molecule has 0 aromatic heterocycles. The second-order valence-electron chi connectivity index (χ2n) is 3.10. The first-order chi connectivity index (χ1) is 7.16. The minimum atomic E-state index is -4.77. The number of nitro benzene ring substituents is 1. The third-order valence-corrected chi connectivity index (χ3v) is 3.10. The number of benzene rings is 1. The van der Waals surface area contributed by atoms with Crippen molar-refractivity contribution in [2.24, 2.45) is 0 Å². The number of hydrogen-bond donors (Lipinski definition) is 2. The summed E-state index contributed by atoms with van der Waals surface area (Å²) in [7, 11) is -3.95. The highest BCUT2D eigenvalue weighted by Crippen LogP contribution is 2.24. The molecule has 0 aliphatic rings. The highest BCUT2D eigenvalue weighted by Gasteiger charge is 2.38. The zero-order valence-electron chi connectivity index (χ0n) is 8.14. The van der Waals surface area contributed by atoms with Gasteiger partial charge in [0.25, 0.3) is 5.69 Å². The Morgan fingerprint density at radius 3 is 2.06 bits per heavy atom. The molecule has 8 nitrogen and oxygen atoms in total. The van der Waals surface area contributed by atoms with Crippen molar-refractivity contribution >= 4 is 21.7 Å². The molecule has 0 aliphatic heterocycles. The van der Waals surface area contributed by atoms with Crippen LogP contribution in [0.2, 0.25) is 0 Å². The van der Waals surface area contributed by atoms with Crippen LogP contribution in [0.5, 0.6) is 0 Å². The van der Waals surface area contributed by atoms with Crippen molar-refractivity contribution in [1.82, 2.24) is 4.05 Å². The Labute approximate surface area is 90.9 Å². The van der Waals surface area contributed by atoms with E-state index in [4.69, 9.17) is 4.55 Å². The van der Waals surface area contributed by atoms with Crippen molar-refractivity contribution in [2.75, 3.05) is 7.05 Å². The van der Waals surface area contributed by atoms with Crippen molar-refractivity contribution in [3.63, 3.8) is 0 Å². The van der Waals surface area contributed by atoms with Crippen molar-refractivity contribution in [1.29, 1.82) is 0 Å². The van der Waals surface area contributed by atoms with Crippen LogP contribution in [-0.2, 0) is 10.3 Å². The summed E-state index contributed by atoms with van der Waals surface area (Å²) in [6.07, 6.45) is 0. The predicted molar refractivity (Wildman–Crippen MR) is 54.1 cm³/mol. The average Bonchev–Trinajstić information content (AvgIpc) is 2.16. The first-order valence-corrected chi connectivity index (χ1v) is 5.38. The van der Waals surface area contributed by atoms with Gasteiger partial charge in [-0.2, -0.15) is 5.21 Å². The maximum Gasteiger partial charge on any atom is 0.469 e. The monoisotopic (exact) mass is 249 g/mol. The maximum absolute atomic E-state index is 10.8. The minimum absolute atomic E-state index is 0.215. The molecular weight excluding hydrogens is 240 g/mol. The van der Waals surface area contributed by atoms with Gasteiger partial charge in [-0.15, -0.1) is 8.42 Å². The standard InChI is InChI=1S/C7H8N2O6S/c1-9(12,16(13,14)15)7-4-2-6(3-5-7)8(10)11/h2-5,12H,1H3/p+1. The summed E-state index contributed by atoms with van der Waals surface area (Å²) in [4.78, 5) is 9.66. The molecule has 1 aromatic carbocycles. The van der Waals surface area contributed by atoms with Crippen LogP contribution in [0.3, 0.4) is 0 Å². The third kappa shape index (κ3) is 2.17. The van der Waals surface area contributed by atoms with E-state index in [0.29, 0.717) is 0 Å². The zero-order chi connectivity index (χ0) is 12.6. The van der Waals surface area contributed by atoms with E-state index in [2.05, 4.69) is 0 Å². The zero-order valence-corrected chi connectivity index (χ0v) is 8.96. The Kier molecular flexibility index (Phi) is 2.97. The Hall–Kier alpha value is -1.55. The Bertz CT molecular complexity index is 506. The summed E-state index contributed by atoms with van der Waals surface area (Å²) in [5.74, 6) is 0. The van der Waals surface area contributed by atoms with Crippen molar-refractivity contribution in [3.05, 3.63) is 34.4 Å². The van der Waals surface area contributed by atoms with E-state index in [9.17, 15) is 23.7 Å². The molecule has 0 saturated heterocycles. The van der Waals surface area contributed by atoms with E-state index < -0.39 is 19.3 Å². The normalized spacial score (nSPS) is 15.4. The minimum Gasteiger partial charge on any atom is -0.258 e. The summed E-state index contributed by atoms with van der Waals surface area (Å²) in [5, 5.41) is 19.8. The summed E-state index contributed by atoms with van der Waals surface area (Å²) in [6.45, 7) is 0. The molecule has 0 radical (unpaired) electrons. The molecule has 1 unspecified atom stereocenters. The van der Waals surface area contributed by atoms with Gasteiger partial charge >= 0.3 is 10.3 Å². The molecule has 9 heteroatoms. The van der Waals surface area contributed by atoms with Crippen molar-refractivity contribution in [3.8, 4) is 0 Å². The summed E-state index contributed by atoms with van der Waals surface area (Å²) in [6, 6.07) is 4.11. The molecule has 0 heterocycles. The highest BCUT2D eigenvalue weighted by atomic mass is 32.2. The molecule has 1 aromatic rings. The molecule has 0 amide bonds. The molecule has 0 saturated carbocycles. The second kappa shape index (κ2) is 3.79. The summed E-state index contributed by atoms with van der Waals surface area (Å²) < 4.78 is 28.6. The molecule has 2 N–H and O–H groups in total. The van der Waals surface area contributed by atoms with Gasteiger partial charge in [-0.05, 0) is 4.05 Å². The summed E-state index contributed by atoms with van der Waals surface area (Å²) >= 11 is 0. The fourth-order valence-electron chi connectivity index (χ4n) is 0.984. The second-order valence-corrected chi connectivity index (χ2v) is 4.71. The smallest absolute Gasteiger partial charge is 0.258 e. The van der Waals surface area contributed by atoms with E-state index in [-0.39, 0.29) is 11.4 Å². The highest BCUT2D eigenvalue weighted by molar-refractivity contribution is 7.85. The molecule has 0 fully saturated rings. The Balaban J connectivity index is 3.22. The fraction of sp³-hybridized carbons (Fsp3) is 0.143. The van der Waals surface area contributed by atoms with Crippen LogP contribution < -0.4 is 4.05 Å². The lowest BCUT2D eigenvalue weighted by atomic mass is 10.3. The van der Waals surface area contributed by atoms with Gasteiger partial charge in [-0.25, -0.2) is 4.55 Å². The number of nitro groups is 1. The lowest BCUT2D eigenvalue weighted by molar-refractivity contribution is -0.384. The number of quaternary nitrogens is 1. The molecule has 0 spiro atoms. The van der Waals surface area contributed by atoms with Gasteiger partial charge in [0.1, 0.15) is 7.05 Å². The number of non-ortho nitro benzene ring substituents is 1. The Morgan fingerprint density at radius 1 is 1.31 bits per heavy atom. The van der Waals surface area contributed by atoms with Gasteiger partial charge in [-0.3, -0.25) is 10.1 Å². The molecule has 16 heavy (non-hydrogen) atoms. The molecule has 0 aliphatic carbocycles. The number of nitrogens with zero attached hydrogens (tertiary/aromatic N) is 2. The lowest BCUT2D eigenvalue weighted by Crippen LogP contribution is -2.46. The molecule has 0 bridgehead atoms. The van der Waals surface area contributed by atoms with Crippen molar-refractivity contribution < 1.29 is 23.1 Å². The van der Waals surface area contributed by atoms with Crippen LogP contribution in [0.1, 0.15) is 0 Å².